The van der Waals surface area contributed by atoms with Crippen LogP contribution in [0.25, 0.3) is 0 Å². The van der Waals surface area contributed by atoms with Gasteiger partial charge >= 0.3 is 0 Å². The quantitative estimate of drug-likeness (QED) is 0.801. The zero-order valence-corrected chi connectivity index (χ0v) is 12.4. The lowest BCUT2D eigenvalue weighted by atomic mass is 10.3. The van der Waals surface area contributed by atoms with Crippen LogP contribution in [0.4, 0.5) is 11.5 Å². The number of nitrogen functional groups attached to an aromatic ring is 1. The Morgan fingerprint density at radius 2 is 1.89 bits per heavy atom. The van der Waals surface area contributed by atoms with Gasteiger partial charge in [0.2, 0.25) is 0 Å². The van der Waals surface area contributed by atoms with E-state index in [1.165, 1.54) is 0 Å². The van der Waals surface area contributed by atoms with Gasteiger partial charge < -0.3 is 15.5 Å². The maximum Gasteiger partial charge on any atom is 0.150 e. The molecule has 0 saturated heterocycles. The minimum absolute atomic E-state index is 0.816. The van der Waals surface area contributed by atoms with Crippen LogP contribution in [0.1, 0.15) is 25.5 Å². The summed E-state index contributed by atoms with van der Waals surface area (Å²) in [5, 5.41) is 4.50. The SMILES string of the molecule is CCCn1nc(C)c(N)c1N(C)CCCN(C)C. The third-order valence-electron chi connectivity index (χ3n) is 3.04. The summed E-state index contributed by atoms with van der Waals surface area (Å²) in [4.78, 5) is 4.42. The molecule has 0 aliphatic rings. The van der Waals surface area contributed by atoms with Crippen LogP contribution in [0.5, 0.6) is 0 Å². The van der Waals surface area contributed by atoms with E-state index in [0.29, 0.717) is 0 Å². The van der Waals surface area contributed by atoms with Gasteiger partial charge in [-0.1, -0.05) is 6.92 Å². The fourth-order valence-electron chi connectivity index (χ4n) is 2.08. The predicted octanol–water partition coefficient (Wildman–Crippen LogP) is 1.57. The lowest BCUT2D eigenvalue weighted by Gasteiger charge is -2.22. The summed E-state index contributed by atoms with van der Waals surface area (Å²) in [6.07, 6.45) is 2.19. The third-order valence-corrected chi connectivity index (χ3v) is 3.04. The van der Waals surface area contributed by atoms with Crippen molar-refractivity contribution in [3.05, 3.63) is 5.69 Å². The molecule has 1 aromatic heterocycles. The molecular formula is C13H27N5. The highest BCUT2D eigenvalue weighted by Crippen LogP contribution is 2.25. The number of hydrogen-bond donors (Lipinski definition) is 1. The van der Waals surface area contributed by atoms with Gasteiger partial charge in [0.1, 0.15) is 5.82 Å². The normalized spacial score (nSPS) is 11.2. The van der Waals surface area contributed by atoms with Gasteiger partial charge in [-0.15, -0.1) is 0 Å². The van der Waals surface area contributed by atoms with Gasteiger partial charge in [-0.25, -0.2) is 4.68 Å². The van der Waals surface area contributed by atoms with Gasteiger partial charge in [0, 0.05) is 20.1 Å². The van der Waals surface area contributed by atoms with Crippen molar-refractivity contribution in [2.45, 2.75) is 33.2 Å². The Bertz CT molecular complexity index is 370. The molecule has 0 bridgehead atoms. The third kappa shape index (κ3) is 3.63. The van der Waals surface area contributed by atoms with Crippen LogP contribution in [0, 0.1) is 6.92 Å². The summed E-state index contributed by atoms with van der Waals surface area (Å²) in [6, 6.07) is 0. The standard InChI is InChI=1S/C13H27N5/c1-6-8-18-13(12(14)11(2)15-18)17(5)10-7-9-16(3)4/h6-10,14H2,1-5H3. The van der Waals surface area contributed by atoms with E-state index in [2.05, 4.69) is 43.0 Å². The molecule has 0 saturated carbocycles. The Labute approximate surface area is 111 Å². The van der Waals surface area contributed by atoms with Gasteiger partial charge in [-0.3, -0.25) is 0 Å². The second-order valence-corrected chi connectivity index (χ2v) is 5.12. The zero-order valence-electron chi connectivity index (χ0n) is 12.4. The highest BCUT2D eigenvalue weighted by Gasteiger charge is 2.15. The van der Waals surface area contributed by atoms with Crippen LogP contribution in [0.2, 0.25) is 0 Å². The molecule has 18 heavy (non-hydrogen) atoms. The summed E-state index contributed by atoms with van der Waals surface area (Å²) in [5.74, 6) is 1.06. The maximum atomic E-state index is 6.13. The van der Waals surface area contributed by atoms with Crippen LogP contribution in [0.3, 0.4) is 0 Å². The van der Waals surface area contributed by atoms with E-state index in [1.54, 1.807) is 0 Å². The predicted molar refractivity (Wildman–Crippen MR) is 78.1 cm³/mol. The zero-order chi connectivity index (χ0) is 13.7. The van der Waals surface area contributed by atoms with E-state index >= 15 is 0 Å². The summed E-state index contributed by atoms with van der Waals surface area (Å²) < 4.78 is 2.03. The van der Waals surface area contributed by atoms with Gasteiger partial charge in [0.15, 0.2) is 0 Å². The largest absolute Gasteiger partial charge is 0.394 e. The molecule has 104 valence electrons. The van der Waals surface area contributed by atoms with Crippen molar-refractivity contribution in [1.82, 2.24) is 14.7 Å². The van der Waals surface area contributed by atoms with Crippen molar-refractivity contribution in [2.24, 2.45) is 0 Å². The monoisotopic (exact) mass is 253 g/mol. The second-order valence-electron chi connectivity index (χ2n) is 5.12. The fraction of sp³-hybridized carbons (Fsp3) is 0.769. The first-order valence-electron chi connectivity index (χ1n) is 6.66. The van der Waals surface area contributed by atoms with Crippen molar-refractivity contribution in [2.75, 3.05) is 44.9 Å². The Kier molecular flexibility index (Phi) is 5.47. The lowest BCUT2D eigenvalue weighted by molar-refractivity contribution is 0.401. The molecule has 0 amide bonds. The van der Waals surface area contributed by atoms with Crippen LogP contribution < -0.4 is 10.6 Å². The van der Waals surface area contributed by atoms with Crippen LogP contribution in [-0.2, 0) is 6.54 Å². The Balaban J connectivity index is 2.73. The minimum Gasteiger partial charge on any atom is -0.394 e. The van der Waals surface area contributed by atoms with E-state index in [0.717, 1.165) is 49.7 Å². The van der Waals surface area contributed by atoms with E-state index < -0.39 is 0 Å². The van der Waals surface area contributed by atoms with Crippen LogP contribution >= 0.6 is 0 Å². The molecule has 0 aromatic carbocycles. The van der Waals surface area contributed by atoms with Gasteiger partial charge in [0.25, 0.3) is 0 Å². The molecule has 1 aromatic rings. The Hall–Kier alpha value is -1.23. The van der Waals surface area contributed by atoms with E-state index in [4.69, 9.17) is 5.73 Å². The number of nitrogens with two attached hydrogens (primary N) is 1. The van der Waals surface area contributed by atoms with Crippen molar-refractivity contribution in [3.8, 4) is 0 Å². The molecule has 5 heteroatoms. The summed E-state index contributed by atoms with van der Waals surface area (Å²) in [6.45, 7) is 7.13. The van der Waals surface area contributed by atoms with Crippen molar-refractivity contribution < 1.29 is 0 Å². The second kappa shape index (κ2) is 6.64. The maximum absolute atomic E-state index is 6.13. The van der Waals surface area contributed by atoms with E-state index in [9.17, 15) is 0 Å². The van der Waals surface area contributed by atoms with Crippen molar-refractivity contribution >= 4 is 11.5 Å². The molecule has 1 heterocycles. The first-order valence-corrected chi connectivity index (χ1v) is 6.66. The van der Waals surface area contributed by atoms with Gasteiger partial charge in [-0.05, 0) is 40.4 Å². The Morgan fingerprint density at radius 1 is 1.22 bits per heavy atom. The van der Waals surface area contributed by atoms with Crippen molar-refractivity contribution in [3.63, 3.8) is 0 Å². The Morgan fingerprint density at radius 3 is 2.44 bits per heavy atom. The first kappa shape index (κ1) is 14.8. The van der Waals surface area contributed by atoms with Gasteiger partial charge in [-0.2, -0.15) is 5.10 Å². The average molecular weight is 253 g/mol. The molecule has 0 aliphatic heterocycles. The first-order chi connectivity index (χ1) is 8.47. The molecule has 0 fully saturated rings. The summed E-state index contributed by atoms with van der Waals surface area (Å²) >= 11 is 0. The van der Waals surface area contributed by atoms with Crippen molar-refractivity contribution in [1.29, 1.82) is 0 Å². The fourth-order valence-corrected chi connectivity index (χ4v) is 2.08. The minimum atomic E-state index is 0.816. The molecule has 5 nitrogen and oxygen atoms in total. The van der Waals surface area contributed by atoms with Crippen LogP contribution in [0.15, 0.2) is 0 Å². The lowest BCUT2D eigenvalue weighted by Crippen LogP contribution is -2.26. The number of hydrogen-bond acceptors (Lipinski definition) is 4. The number of aryl methyl sites for hydroxylation is 2. The number of anilines is 2. The summed E-state index contributed by atoms with van der Waals surface area (Å²) in [7, 11) is 6.29. The smallest absolute Gasteiger partial charge is 0.150 e. The highest BCUT2D eigenvalue weighted by atomic mass is 15.4. The number of nitrogens with zero attached hydrogens (tertiary/aromatic N) is 4. The van der Waals surface area contributed by atoms with Crippen LogP contribution in [-0.4, -0.2) is 48.9 Å². The topological polar surface area (TPSA) is 50.3 Å². The highest BCUT2D eigenvalue weighted by molar-refractivity contribution is 5.65. The molecule has 0 spiro atoms. The molecule has 0 atom stereocenters. The number of aromatic nitrogens is 2. The molecule has 1 rings (SSSR count). The van der Waals surface area contributed by atoms with Gasteiger partial charge in [0.05, 0.1) is 11.4 Å². The summed E-state index contributed by atoms with van der Waals surface area (Å²) in [5.41, 5.74) is 7.87. The number of rotatable bonds is 7. The molecule has 0 aliphatic carbocycles. The molecule has 2 N–H and O–H groups in total. The molecular weight excluding hydrogens is 226 g/mol. The van der Waals surface area contributed by atoms with E-state index in [-0.39, 0.29) is 0 Å². The molecule has 0 radical (unpaired) electrons. The van der Waals surface area contributed by atoms with E-state index in [1.807, 2.05) is 11.6 Å². The average Bonchev–Trinajstić information content (AvgIpc) is 2.54. The molecule has 0 unspecified atom stereocenters.